The average molecular weight is 276 g/mol. The first-order chi connectivity index (χ1) is 9.25. The minimum atomic E-state index is -0.250. The monoisotopic (exact) mass is 276 g/mol. The van der Waals surface area contributed by atoms with E-state index in [-0.39, 0.29) is 11.6 Å². The molecule has 0 saturated heterocycles. The highest BCUT2D eigenvalue weighted by atomic mass is 32.1. The van der Waals surface area contributed by atoms with Crippen molar-refractivity contribution in [3.05, 3.63) is 46.2 Å². The van der Waals surface area contributed by atoms with E-state index >= 15 is 0 Å². The van der Waals surface area contributed by atoms with Gasteiger partial charge in [0.2, 0.25) is 0 Å². The average Bonchev–Trinajstić information content (AvgIpc) is 3.15. The summed E-state index contributed by atoms with van der Waals surface area (Å²) in [5, 5.41) is 4.05. The van der Waals surface area contributed by atoms with Gasteiger partial charge in [-0.15, -0.1) is 5.10 Å². The minimum absolute atomic E-state index is 0.0279. The lowest BCUT2D eigenvalue weighted by atomic mass is 10.1. The number of rotatable bonds is 5. The van der Waals surface area contributed by atoms with Gasteiger partial charge in [-0.25, -0.2) is 4.39 Å². The first-order valence-electron chi connectivity index (χ1n) is 6.34. The summed E-state index contributed by atoms with van der Waals surface area (Å²) >= 11 is 1.16. The molecule has 5 heteroatoms. The van der Waals surface area contributed by atoms with Crippen molar-refractivity contribution in [3.8, 4) is 0 Å². The summed E-state index contributed by atoms with van der Waals surface area (Å²) in [5.74, 6) is 0.200. The van der Waals surface area contributed by atoms with Crippen LogP contribution in [0.5, 0.6) is 0 Å². The van der Waals surface area contributed by atoms with E-state index in [0.717, 1.165) is 30.1 Å². The molecule has 1 saturated carbocycles. The van der Waals surface area contributed by atoms with Gasteiger partial charge in [0.15, 0.2) is 5.78 Å². The second-order valence-corrected chi connectivity index (χ2v) is 5.53. The number of hydrogen-bond acceptors (Lipinski definition) is 4. The van der Waals surface area contributed by atoms with Crippen LogP contribution in [-0.2, 0) is 6.42 Å². The largest absolute Gasteiger partial charge is 0.293 e. The summed E-state index contributed by atoms with van der Waals surface area (Å²) < 4.78 is 17.3. The molecule has 1 aliphatic carbocycles. The molecular formula is C14H13FN2OS. The van der Waals surface area contributed by atoms with Crippen LogP contribution < -0.4 is 0 Å². The lowest BCUT2D eigenvalue weighted by Crippen LogP contribution is -2.03. The van der Waals surface area contributed by atoms with Gasteiger partial charge < -0.3 is 0 Å². The van der Waals surface area contributed by atoms with Gasteiger partial charge in [0, 0.05) is 12.3 Å². The van der Waals surface area contributed by atoms with Crippen LogP contribution in [0.3, 0.4) is 0 Å². The van der Waals surface area contributed by atoms with Crippen molar-refractivity contribution in [2.75, 3.05) is 0 Å². The number of benzene rings is 1. The van der Waals surface area contributed by atoms with E-state index in [0.29, 0.717) is 29.2 Å². The lowest BCUT2D eigenvalue weighted by molar-refractivity contribution is 0.0985. The number of Topliss-reactive ketones (excluding diaryl/α,β-unsaturated/α-hetero) is 1. The summed E-state index contributed by atoms with van der Waals surface area (Å²) in [6, 6.07) is 6.57. The molecule has 0 spiro atoms. The van der Waals surface area contributed by atoms with Crippen molar-refractivity contribution in [2.45, 2.75) is 31.6 Å². The normalized spacial score (nSPS) is 14.6. The minimum Gasteiger partial charge on any atom is -0.293 e. The molecule has 0 N–H and O–H groups in total. The highest BCUT2D eigenvalue weighted by Gasteiger charge is 2.31. The Morgan fingerprint density at radius 1 is 1.37 bits per heavy atom. The summed E-state index contributed by atoms with van der Waals surface area (Å²) in [4.78, 5) is 12.8. The Bertz CT molecular complexity index is 607. The van der Waals surface area contributed by atoms with E-state index in [1.807, 2.05) is 0 Å². The van der Waals surface area contributed by atoms with Crippen molar-refractivity contribution in [3.63, 3.8) is 0 Å². The smallest absolute Gasteiger partial charge is 0.176 e. The van der Waals surface area contributed by atoms with Gasteiger partial charge in [-0.2, -0.15) is 0 Å². The fraction of sp³-hybridized carbons (Fsp3) is 0.357. The van der Waals surface area contributed by atoms with Gasteiger partial charge in [0.05, 0.1) is 5.69 Å². The van der Waals surface area contributed by atoms with Gasteiger partial charge in [-0.05, 0) is 42.4 Å². The third kappa shape index (κ3) is 2.71. The van der Waals surface area contributed by atoms with E-state index in [4.69, 9.17) is 0 Å². The zero-order valence-corrected chi connectivity index (χ0v) is 11.1. The molecule has 2 aromatic rings. The Balaban J connectivity index is 1.68. The number of hydrogen-bond donors (Lipinski definition) is 0. The van der Waals surface area contributed by atoms with Crippen LogP contribution in [0.4, 0.5) is 4.39 Å². The van der Waals surface area contributed by atoms with Crippen LogP contribution in [0, 0.1) is 5.82 Å². The third-order valence-electron chi connectivity index (χ3n) is 3.31. The molecule has 1 aliphatic rings. The van der Waals surface area contributed by atoms with Crippen molar-refractivity contribution in [1.82, 2.24) is 9.59 Å². The van der Waals surface area contributed by atoms with Gasteiger partial charge in [-0.1, -0.05) is 22.7 Å². The lowest BCUT2D eigenvalue weighted by Gasteiger charge is -2.02. The Kier molecular flexibility index (Phi) is 3.38. The second kappa shape index (κ2) is 5.17. The number of nitrogens with zero attached hydrogens (tertiary/aromatic N) is 2. The predicted octanol–water partition coefficient (Wildman–Crippen LogP) is 3.37. The first-order valence-corrected chi connectivity index (χ1v) is 7.12. The molecule has 0 aliphatic heterocycles. The third-order valence-corrected chi connectivity index (χ3v) is 4.09. The summed E-state index contributed by atoms with van der Waals surface area (Å²) in [6.45, 7) is 0. The summed E-state index contributed by atoms with van der Waals surface area (Å²) in [6.07, 6.45) is 2.93. The predicted molar refractivity (Wildman–Crippen MR) is 70.9 cm³/mol. The van der Waals surface area contributed by atoms with E-state index in [9.17, 15) is 9.18 Å². The summed E-state index contributed by atoms with van der Waals surface area (Å²) in [7, 11) is 0. The maximum absolute atomic E-state index is 13.5. The van der Waals surface area contributed by atoms with Crippen molar-refractivity contribution in [2.24, 2.45) is 0 Å². The number of carbonyl (C=O) groups excluding carboxylic acids is 1. The Morgan fingerprint density at radius 3 is 2.89 bits per heavy atom. The van der Waals surface area contributed by atoms with E-state index in [2.05, 4.69) is 9.59 Å². The molecule has 0 radical (unpaired) electrons. The Labute approximate surface area is 114 Å². The zero-order chi connectivity index (χ0) is 13.2. The molecule has 98 valence electrons. The standard InChI is InChI=1S/C14H13FN2OS/c15-11-4-2-1-3-9(11)7-8-12(18)14-13(10-5-6-10)16-17-19-14/h1-4,10H,5-8H2. The molecule has 1 aromatic heterocycles. The van der Waals surface area contributed by atoms with Gasteiger partial charge >= 0.3 is 0 Å². The maximum Gasteiger partial charge on any atom is 0.176 e. The van der Waals surface area contributed by atoms with Crippen LogP contribution in [0.25, 0.3) is 0 Å². The molecule has 1 aromatic carbocycles. The SMILES string of the molecule is O=C(CCc1ccccc1F)c1snnc1C1CC1. The Hall–Kier alpha value is -1.62. The molecule has 0 atom stereocenters. The highest BCUT2D eigenvalue weighted by Crippen LogP contribution is 2.41. The molecule has 0 unspecified atom stereocenters. The fourth-order valence-corrected chi connectivity index (χ4v) is 2.79. The second-order valence-electron chi connectivity index (χ2n) is 4.78. The van der Waals surface area contributed by atoms with Crippen LogP contribution in [0.2, 0.25) is 0 Å². The van der Waals surface area contributed by atoms with Crippen LogP contribution in [-0.4, -0.2) is 15.4 Å². The molecule has 3 rings (SSSR count). The summed E-state index contributed by atoms with van der Waals surface area (Å²) in [5.41, 5.74) is 1.44. The van der Waals surface area contributed by atoms with Gasteiger partial charge in [-0.3, -0.25) is 4.79 Å². The number of ketones is 1. The fourth-order valence-electron chi connectivity index (χ4n) is 2.08. The quantitative estimate of drug-likeness (QED) is 0.786. The van der Waals surface area contributed by atoms with Crippen LogP contribution >= 0.6 is 11.5 Å². The van der Waals surface area contributed by atoms with E-state index in [1.54, 1.807) is 18.2 Å². The highest BCUT2D eigenvalue weighted by molar-refractivity contribution is 7.08. The number of aryl methyl sites for hydroxylation is 1. The maximum atomic E-state index is 13.5. The zero-order valence-electron chi connectivity index (χ0n) is 10.3. The molecule has 0 amide bonds. The number of carbonyl (C=O) groups is 1. The van der Waals surface area contributed by atoms with Crippen LogP contribution in [0.1, 0.15) is 46.1 Å². The number of aromatic nitrogens is 2. The van der Waals surface area contributed by atoms with Crippen molar-refractivity contribution in [1.29, 1.82) is 0 Å². The van der Waals surface area contributed by atoms with Crippen molar-refractivity contribution >= 4 is 17.3 Å². The number of halogens is 1. The van der Waals surface area contributed by atoms with E-state index in [1.165, 1.54) is 6.07 Å². The topological polar surface area (TPSA) is 42.9 Å². The molecule has 19 heavy (non-hydrogen) atoms. The van der Waals surface area contributed by atoms with E-state index < -0.39 is 0 Å². The molecule has 3 nitrogen and oxygen atoms in total. The van der Waals surface area contributed by atoms with Crippen molar-refractivity contribution < 1.29 is 9.18 Å². The van der Waals surface area contributed by atoms with Crippen LogP contribution in [0.15, 0.2) is 24.3 Å². The molecular weight excluding hydrogens is 263 g/mol. The van der Waals surface area contributed by atoms with Gasteiger partial charge in [0.25, 0.3) is 0 Å². The Morgan fingerprint density at radius 2 is 2.16 bits per heavy atom. The molecule has 1 fully saturated rings. The molecule has 1 heterocycles. The molecule has 0 bridgehead atoms. The van der Waals surface area contributed by atoms with Gasteiger partial charge in [0.1, 0.15) is 10.7 Å². The first kappa shape index (κ1) is 12.4.